The molecule has 0 aliphatic rings. The molecule has 4 N–H and O–H groups in total. The molecule has 6 heteroatoms. The fourth-order valence-corrected chi connectivity index (χ4v) is 1.51. The Labute approximate surface area is 105 Å². The lowest BCUT2D eigenvalue weighted by molar-refractivity contribution is -0.122. The summed E-state index contributed by atoms with van der Waals surface area (Å²) in [5, 5.41) is 11.3. The molecule has 1 atom stereocenters. The maximum Gasteiger partial charge on any atom is 0.371 e. The molecule has 0 aliphatic carbocycles. The molecule has 0 aromatic carbocycles. The zero-order valence-electron chi connectivity index (χ0n) is 10.5. The molecule has 100 valence electrons. The van der Waals surface area contributed by atoms with Crippen molar-refractivity contribution in [2.24, 2.45) is 11.7 Å². The normalized spacial score (nSPS) is 12.4. The van der Waals surface area contributed by atoms with Gasteiger partial charge in [-0.1, -0.05) is 13.8 Å². The first kappa shape index (κ1) is 14.2. The predicted molar refractivity (Wildman–Crippen MR) is 64.9 cm³/mol. The minimum Gasteiger partial charge on any atom is -0.475 e. The summed E-state index contributed by atoms with van der Waals surface area (Å²) < 4.78 is 5.00. The summed E-state index contributed by atoms with van der Waals surface area (Å²) in [7, 11) is 0. The molecule has 0 spiro atoms. The van der Waals surface area contributed by atoms with Gasteiger partial charge in [0.25, 0.3) is 0 Å². The van der Waals surface area contributed by atoms with E-state index in [4.69, 9.17) is 15.3 Å². The summed E-state index contributed by atoms with van der Waals surface area (Å²) >= 11 is 0. The van der Waals surface area contributed by atoms with Crippen molar-refractivity contribution in [1.82, 2.24) is 5.32 Å². The smallest absolute Gasteiger partial charge is 0.371 e. The van der Waals surface area contributed by atoms with Crippen LogP contribution >= 0.6 is 0 Å². The number of nitrogens with two attached hydrogens (primary N) is 1. The van der Waals surface area contributed by atoms with Gasteiger partial charge in [-0.25, -0.2) is 4.79 Å². The third-order valence-electron chi connectivity index (χ3n) is 2.37. The lowest BCUT2D eigenvalue weighted by Crippen LogP contribution is -2.40. The molecule has 0 bridgehead atoms. The van der Waals surface area contributed by atoms with Crippen LogP contribution in [0.25, 0.3) is 0 Å². The zero-order valence-corrected chi connectivity index (χ0v) is 10.5. The van der Waals surface area contributed by atoms with E-state index in [9.17, 15) is 9.59 Å². The van der Waals surface area contributed by atoms with E-state index in [-0.39, 0.29) is 18.2 Å². The van der Waals surface area contributed by atoms with Gasteiger partial charge in [0.05, 0.1) is 12.6 Å². The van der Waals surface area contributed by atoms with Crippen LogP contribution < -0.4 is 11.1 Å². The van der Waals surface area contributed by atoms with E-state index in [1.165, 1.54) is 12.1 Å². The van der Waals surface area contributed by atoms with Gasteiger partial charge in [-0.05, 0) is 24.5 Å². The highest BCUT2D eigenvalue weighted by molar-refractivity contribution is 5.84. The minimum absolute atomic E-state index is 0.137. The lowest BCUT2D eigenvalue weighted by Gasteiger charge is -2.13. The first-order valence-corrected chi connectivity index (χ1v) is 5.75. The van der Waals surface area contributed by atoms with Gasteiger partial charge in [-0.2, -0.15) is 0 Å². The van der Waals surface area contributed by atoms with Crippen LogP contribution in [0.1, 0.15) is 36.6 Å². The van der Waals surface area contributed by atoms with Crippen molar-refractivity contribution in [3.8, 4) is 0 Å². The van der Waals surface area contributed by atoms with Gasteiger partial charge in [-0.3, -0.25) is 4.79 Å². The topological polar surface area (TPSA) is 106 Å². The molecule has 1 aromatic rings. The van der Waals surface area contributed by atoms with Crippen LogP contribution in [0, 0.1) is 5.92 Å². The fourth-order valence-electron chi connectivity index (χ4n) is 1.51. The van der Waals surface area contributed by atoms with E-state index >= 15 is 0 Å². The molecule has 0 unspecified atom stereocenters. The first-order chi connectivity index (χ1) is 8.40. The monoisotopic (exact) mass is 254 g/mol. The maximum atomic E-state index is 11.6. The Morgan fingerprint density at radius 1 is 1.44 bits per heavy atom. The Balaban J connectivity index is 2.44. The SMILES string of the molecule is CC(C)C[C@@H](N)C(=O)NCc1ccc(C(=O)O)o1. The van der Waals surface area contributed by atoms with Crippen molar-refractivity contribution in [3.63, 3.8) is 0 Å². The van der Waals surface area contributed by atoms with Gasteiger partial charge >= 0.3 is 5.97 Å². The molecule has 0 radical (unpaired) electrons. The van der Waals surface area contributed by atoms with Crippen molar-refractivity contribution >= 4 is 11.9 Å². The standard InChI is InChI=1S/C12H18N2O4/c1-7(2)5-9(13)11(15)14-6-8-3-4-10(18-8)12(16)17/h3-4,7,9H,5-6,13H2,1-2H3,(H,14,15)(H,16,17)/t9-/m1/s1. The van der Waals surface area contributed by atoms with Gasteiger partial charge in [0.1, 0.15) is 5.76 Å². The lowest BCUT2D eigenvalue weighted by atomic mass is 10.0. The van der Waals surface area contributed by atoms with E-state index in [1.54, 1.807) is 0 Å². The molecule has 1 rings (SSSR count). The van der Waals surface area contributed by atoms with Crippen LogP contribution in [-0.2, 0) is 11.3 Å². The Morgan fingerprint density at radius 3 is 2.61 bits per heavy atom. The Kier molecular flexibility index (Phi) is 4.91. The highest BCUT2D eigenvalue weighted by Gasteiger charge is 2.15. The molecule has 18 heavy (non-hydrogen) atoms. The van der Waals surface area contributed by atoms with Gasteiger partial charge in [0.2, 0.25) is 11.7 Å². The van der Waals surface area contributed by atoms with E-state index in [2.05, 4.69) is 5.32 Å². The molecule has 0 aliphatic heterocycles. The largest absolute Gasteiger partial charge is 0.475 e. The van der Waals surface area contributed by atoms with E-state index < -0.39 is 12.0 Å². The number of carboxylic acid groups (broad SMARTS) is 1. The highest BCUT2D eigenvalue weighted by atomic mass is 16.4. The fraction of sp³-hybridized carbons (Fsp3) is 0.500. The quantitative estimate of drug-likeness (QED) is 0.701. The first-order valence-electron chi connectivity index (χ1n) is 5.75. The van der Waals surface area contributed by atoms with Gasteiger partial charge < -0.3 is 20.6 Å². The second kappa shape index (κ2) is 6.20. The van der Waals surface area contributed by atoms with Gasteiger partial charge in [-0.15, -0.1) is 0 Å². The predicted octanol–water partition coefficient (Wildman–Crippen LogP) is 0.967. The Hall–Kier alpha value is -1.82. The third kappa shape index (κ3) is 4.21. The second-order valence-electron chi connectivity index (χ2n) is 4.52. The number of hydrogen-bond donors (Lipinski definition) is 3. The van der Waals surface area contributed by atoms with Crippen LogP contribution in [0.4, 0.5) is 0 Å². The molecular weight excluding hydrogens is 236 g/mol. The molecule has 0 fully saturated rings. The summed E-state index contributed by atoms with van der Waals surface area (Å²) in [5.41, 5.74) is 5.70. The van der Waals surface area contributed by atoms with E-state index in [0.717, 1.165) is 0 Å². The van der Waals surface area contributed by atoms with Crippen LogP contribution in [0.5, 0.6) is 0 Å². The minimum atomic E-state index is -1.14. The molecule has 1 aromatic heterocycles. The molecule has 6 nitrogen and oxygen atoms in total. The number of furan rings is 1. The number of carbonyl (C=O) groups excluding carboxylic acids is 1. The summed E-state index contributed by atoms with van der Waals surface area (Å²) in [4.78, 5) is 22.2. The molecular formula is C12H18N2O4. The molecule has 1 heterocycles. The van der Waals surface area contributed by atoms with Crippen molar-refractivity contribution in [1.29, 1.82) is 0 Å². The van der Waals surface area contributed by atoms with Crippen LogP contribution in [0.3, 0.4) is 0 Å². The average molecular weight is 254 g/mol. The summed E-state index contributed by atoms with van der Waals surface area (Å²) in [6, 6.07) is 2.30. The van der Waals surface area contributed by atoms with Gasteiger partial charge in [0, 0.05) is 0 Å². The number of hydrogen-bond acceptors (Lipinski definition) is 4. The molecule has 1 amide bonds. The van der Waals surface area contributed by atoms with Crippen molar-refractivity contribution in [3.05, 3.63) is 23.7 Å². The molecule has 0 saturated carbocycles. The van der Waals surface area contributed by atoms with Crippen molar-refractivity contribution in [2.75, 3.05) is 0 Å². The Bertz CT molecular complexity index is 425. The van der Waals surface area contributed by atoms with Gasteiger partial charge in [0.15, 0.2) is 0 Å². The number of carbonyl (C=O) groups is 2. The number of aromatic carboxylic acids is 1. The van der Waals surface area contributed by atoms with Crippen LogP contribution in [0.2, 0.25) is 0 Å². The van der Waals surface area contributed by atoms with Crippen LogP contribution in [-0.4, -0.2) is 23.0 Å². The number of carboxylic acids is 1. The van der Waals surface area contributed by atoms with E-state index in [0.29, 0.717) is 18.1 Å². The van der Waals surface area contributed by atoms with Crippen molar-refractivity contribution < 1.29 is 19.1 Å². The highest BCUT2D eigenvalue weighted by Crippen LogP contribution is 2.08. The third-order valence-corrected chi connectivity index (χ3v) is 2.37. The van der Waals surface area contributed by atoms with Crippen LogP contribution in [0.15, 0.2) is 16.5 Å². The van der Waals surface area contributed by atoms with Crippen molar-refractivity contribution in [2.45, 2.75) is 32.9 Å². The number of nitrogens with one attached hydrogen (secondary N) is 1. The summed E-state index contributed by atoms with van der Waals surface area (Å²) in [6.45, 7) is 4.11. The van der Waals surface area contributed by atoms with E-state index in [1.807, 2.05) is 13.8 Å². The number of amides is 1. The number of rotatable bonds is 6. The zero-order chi connectivity index (χ0) is 13.7. The second-order valence-corrected chi connectivity index (χ2v) is 4.52. The summed E-state index contributed by atoms with van der Waals surface area (Å²) in [6.07, 6.45) is 0.602. The summed E-state index contributed by atoms with van der Waals surface area (Å²) in [5.74, 6) is -0.822. The maximum absolute atomic E-state index is 11.6. The Morgan fingerprint density at radius 2 is 2.11 bits per heavy atom. The molecule has 0 saturated heterocycles. The average Bonchev–Trinajstić information content (AvgIpc) is 2.73.